The maximum absolute atomic E-state index is 12.7. The average molecular weight is 188 g/mol. The van der Waals surface area contributed by atoms with E-state index in [2.05, 4.69) is 4.98 Å². The Morgan fingerprint density at radius 2 is 1.71 bits per heavy atom. The van der Waals surface area contributed by atoms with Crippen LogP contribution in [0.15, 0.2) is 42.5 Å². The Labute approximate surface area is 81.2 Å². The van der Waals surface area contributed by atoms with Crippen molar-refractivity contribution in [1.29, 1.82) is 0 Å². The Balaban J connectivity index is 2.53. The molecule has 0 spiro atoms. The molecule has 1 aromatic carbocycles. The summed E-state index contributed by atoms with van der Waals surface area (Å²) in [7, 11) is 0. The molecule has 0 aliphatic heterocycles. The Morgan fingerprint density at radius 3 is 2.36 bits per heavy atom. The third-order valence-electron chi connectivity index (χ3n) is 1.98. The number of pyridine rings is 1. The highest BCUT2D eigenvalue weighted by Gasteiger charge is 2.03. The van der Waals surface area contributed by atoms with Crippen LogP contribution in [0.4, 0.5) is 10.2 Å². The molecule has 0 bridgehead atoms. The van der Waals surface area contributed by atoms with E-state index in [0.717, 1.165) is 11.1 Å². The molecule has 3 heteroatoms. The summed E-state index contributed by atoms with van der Waals surface area (Å²) >= 11 is 0. The van der Waals surface area contributed by atoms with E-state index in [4.69, 9.17) is 5.73 Å². The highest BCUT2D eigenvalue weighted by molar-refractivity contribution is 5.73. The Bertz CT molecular complexity index is 440. The summed E-state index contributed by atoms with van der Waals surface area (Å²) in [4.78, 5) is 3.56. The minimum Gasteiger partial charge on any atom is -0.383 e. The number of hydrogen-bond acceptors (Lipinski definition) is 2. The van der Waals surface area contributed by atoms with Gasteiger partial charge in [-0.2, -0.15) is 4.39 Å². The Kier molecular flexibility index (Phi) is 2.14. The molecule has 0 aliphatic rings. The second-order valence-corrected chi connectivity index (χ2v) is 2.93. The van der Waals surface area contributed by atoms with Crippen molar-refractivity contribution in [3.8, 4) is 11.1 Å². The first-order valence-corrected chi connectivity index (χ1v) is 4.25. The van der Waals surface area contributed by atoms with E-state index in [1.165, 1.54) is 6.07 Å². The lowest BCUT2D eigenvalue weighted by molar-refractivity contribution is 0.586. The van der Waals surface area contributed by atoms with Gasteiger partial charge >= 0.3 is 0 Å². The summed E-state index contributed by atoms with van der Waals surface area (Å²) in [6, 6.07) is 12.5. The van der Waals surface area contributed by atoms with Gasteiger partial charge < -0.3 is 5.73 Å². The summed E-state index contributed by atoms with van der Waals surface area (Å²) < 4.78 is 12.7. The number of aromatic nitrogens is 1. The van der Waals surface area contributed by atoms with Crippen LogP contribution in [0.2, 0.25) is 0 Å². The summed E-state index contributed by atoms with van der Waals surface area (Å²) in [6.07, 6.45) is 0. The number of benzene rings is 1. The maximum Gasteiger partial charge on any atom is 0.214 e. The first kappa shape index (κ1) is 8.69. The van der Waals surface area contributed by atoms with Gasteiger partial charge in [-0.3, -0.25) is 0 Å². The zero-order valence-corrected chi connectivity index (χ0v) is 7.44. The molecule has 0 amide bonds. The predicted molar refractivity (Wildman–Crippen MR) is 54.0 cm³/mol. The summed E-state index contributed by atoms with van der Waals surface area (Å²) in [5.41, 5.74) is 7.30. The molecule has 0 atom stereocenters. The van der Waals surface area contributed by atoms with Gasteiger partial charge in [0.1, 0.15) is 5.82 Å². The fourth-order valence-corrected chi connectivity index (χ4v) is 1.31. The number of halogens is 1. The van der Waals surface area contributed by atoms with Crippen LogP contribution < -0.4 is 5.73 Å². The molecule has 1 aromatic heterocycles. The third kappa shape index (κ3) is 1.57. The molecule has 1 heterocycles. The quantitative estimate of drug-likeness (QED) is 0.698. The van der Waals surface area contributed by atoms with Crippen molar-refractivity contribution in [3.05, 3.63) is 48.4 Å². The van der Waals surface area contributed by atoms with Gasteiger partial charge in [-0.15, -0.1) is 0 Å². The smallest absolute Gasteiger partial charge is 0.214 e. The van der Waals surface area contributed by atoms with Gasteiger partial charge in [-0.1, -0.05) is 30.3 Å². The maximum atomic E-state index is 12.7. The summed E-state index contributed by atoms with van der Waals surface area (Å²) in [6.45, 7) is 0. The summed E-state index contributed by atoms with van der Waals surface area (Å²) in [5, 5.41) is 0. The van der Waals surface area contributed by atoms with Crippen molar-refractivity contribution in [2.75, 3.05) is 5.73 Å². The molecule has 2 N–H and O–H groups in total. The number of anilines is 1. The van der Waals surface area contributed by atoms with Crippen LogP contribution in [0.5, 0.6) is 0 Å². The van der Waals surface area contributed by atoms with Gasteiger partial charge in [0.2, 0.25) is 5.95 Å². The lowest BCUT2D eigenvalue weighted by Gasteiger charge is -2.03. The SMILES string of the molecule is Nc1nc(F)ccc1-c1ccccc1. The molecule has 0 fully saturated rings. The van der Waals surface area contributed by atoms with E-state index < -0.39 is 5.95 Å². The first-order valence-electron chi connectivity index (χ1n) is 4.25. The number of nitrogen functional groups attached to an aromatic ring is 1. The second-order valence-electron chi connectivity index (χ2n) is 2.93. The van der Waals surface area contributed by atoms with Crippen LogP contribution in [-0.2, 0) is 0 Å². The highest BCUT2D eigenvalue weighted by atomic mass is 19.1. The molecule has 70 valence electrons. The predicted octanol–water partition coefficient (Wildman–Crippen LogP) is 2.47. The van der Waals surface area contributed by atoms with E-state index >= 15 is 0 Å². The van der Waals surface area contributed by atoms with E-state index in [1.54, 1.807) is 6.07 Å². The minimum atomic E-state index is -0.554. The van der Waals surface area contributed by atoms with Crippen molar-refractivity contribution in [2.24, 2.45) is 0 Å². The van der Waals surface area contributed by atoms with E-state index in [-0.39, 0.29) is 5.82 Å². The van der Waals surface area contributed by atoms with E-state index in [9.17, 15) is 4.39 Å². The fraction of sp³-hybridized carbons (Fsp3) is 0. The normalized spacial score (nSPS) is 10.1. The topological polar surface area (TPSA) is 38.9 Å². The second kappa shape index (κ2) is 3.46. The highest BCUT2D eigenvalue weighted by Crippen LogP contribution is 2.23. The molecule has 0 aliphatic carbocycles. The molecule has 0 unspecified atom stereocenters. The monoisotopic (exact) mass is 188 g/mol. The zero-order chi connectivity index (χ0) is 9.97. The zero-order valence-electron chi connectivity index (χ0n) is 7.44. The third-order valence-corrected chi connectivity index (χ3v) is 1.98. The van der Waals surface area contributed by atoms with Crippen LogP contribution >= 0.6 is 0 Å². The largest absolute Gasteiger partial charge is 0.383 e. The molecular weight excluding hydrogens is 179 g/mol. The first-order chi connectivity index (χ1) is 6.77. The Morgan fingerprint density at radius 1 is 1.00 bits per heavy atom. The number of nitrogens with two attached hydrogens (primary N) is 1. The van der Waals surface area contributed by atoms with Crippen molar-refractivity contribution < 1.29 is 4.39 Å². The van der Waals surface area contributed by atoms with Crippen LogP contribution in [0.25, 0.3) is 11.1 Å². The van der Waals surface area contributed by atoms with Gasteiger partial charge in [0.05, 0.1) is 0 Å². The molecular formula is C11H9FN2. The molecule has 2 nitrogen and oxygen atoms in total. The van der Waals surface area contributed by atoms with Crippen molar-refractivity contribution in [1.82, 2.24) is 4.98 Å². The molecule has 0 saturated carbocycles. The molecule has 2 rings (SSSR count). The van der Waals surface area contributed by atoms with Crippen molar-refractivity contribution in [3.63, 3.8) is 0 Å². The van der Waals surface area contributed by atoms with Gasteiger partial charge in [0.25, 0.3) is 0 Å². The minimum absolute atomic E-state index is 0.219. The van der Waals surface area contributed by atoms with Crippen molar-refractivity contribution in [2.45, 2.75) is 0 Å². The lowest BCUT2D eigenvalue weighted by Crippen LogP contribution is -1.95. The summed E-state index contributed by atoms with van der Waals surface area (Å²) in [5.74, 6) is -0.335. The van der Waals surface area contributed by atoms with E-state index in [0.29, 0.717) is 0 Å². The standard InChI is InChI=1S/C11H9FN2/c12-10-7-6-9(11(13)14-10)8-4-2-1-3-5-8/h1-7H,(H2,13,14). The van der Waals surface area contributed by atoms with Crippen LogP contribution in [0.1, 0.15) is 0 Å². The molecule has 2 aromatic rings. The van der Waals surface area contributed by atoms with Crippen LogP contribution in [0, 0.1) is 5.95 Å². The molecule has 14 heavy (non-hydrogen) atoms. The van der Waals surface area contributed by atoms with Gasteiger partial charge in [-0.25, -0.2) is 4.98 Å². The van der Waals surface area contributed by atoms with Gasteiger partial charge in [0, 0.05) is 5.56 Å². The number of rotatable bonds is 1. The molecule has 0 radical (unpaired) electrons. The van der Waals surface area contributed by atoms with Gasteiger partial charge in [0.15, 0.2) is 0 Å². The fourth-order valence-electron chi connectivity index (χ4n) is 1.31. The number of hydrogen-bond donors (Lipinski definition) is 1. The Hall–Kier alpha value is -1.90. The lowest BCUT2D eigenvalue weighted by atomic mass is 10.1. The number of nitrogens with zero attached hydrogens (tertiary/aromatic N) is 1. The van der Waals surface area contributed by atoms with Crippen LogP contribution in [0.3, 0.4) is 0 Å². The van der Waals surface area contributed by atoms with Gasteiger partial charge in [-0.05, 0) is 17.7 Å². The van der Waals surface area contributed by atoms with Crippen molar-refractivity contribution >= 4 is 5.82 Å². The van der Waals surface area contributed by atoms with E-state index in [1.807, 2.05) is 30.3 Å². The molecule has 0 saturated heterocycles. The van der Waals surface area contributed by atoms with Crippen LogP contribution in [-0.4, -0.2) is 4.98 Å². The average Bonchev–Trinajstić information content (AvgIpc) is 2.19.